The number of nitrogens with zero attached hydrogens (tertiary/aromatic N) is 6. The Morgan fingerprint density at radius 1 is 1.42 bits per heavy atom. The fourth-order valence-electron chi connectivity index (χ4n) is 1.43. The molecule has 2 heterocycles. The van der Waals surface area contributed by atoms with Crippen LogP contribution in [-0.4, -0.2) is 35.7 Å². The summed E-state index contributed by atoms with van der Waals surface area (Å²) in [5.74, 6) is 0.398. The van der Waals surface area contributed by atoms with Crippen molar-refractivity contribution >= 4 is 5.91 Å². The zero-order chi connectivity index (χ0) is 14.0. The van der Waals surface area contributed by atoms with E-state index in [1.165, 1.54) is 6.33 Å². The predicted octanol–water partition coefficient (Wildman–Crippen LogP) is 0.0916. The lowest BCUT2D eigenvalue weighted by molar-refractivity contribution is 0.0944. The standard InChI is InChI=1S/C11H17N7O/c1-11(2,3)18-6-8(15-16-18)10(19)12-5-9-13-7-14-17(9)4/h6-7H,5H2,1-4H3,(H,12,19). The van der Waals surface area contributed by atoms with Gasteiger partial charge in [-0.3, -0.25) is 9.48 Å². The van der Waals surface area contributed by atoms with Crippen molar-refractivity contribution in [2.24, 2.45) is 7.05 Å². The Morgan fingerprint density at radius 2 is 2.16 bits per heavy atom. The van der Waals surface area contributed by atoms with Crippen LogP contribution in [0.5, 0.6) is 0 Å². The summed E-state index contributed by atoms with van der Waals surface area (Å²) >= 11 is 0. The molecular weight excluding hydrogens is 246 g/mol. The third-order valence-electron chi connectivity index (χ3n) is 2.63. The van der Waals surface area contributed by atoms with E-state index in [0.717, 1.165) is 0 Å². The molecule has 0 unspecified atom stereocenters. The Bertz CT molecular complexity index is 578. The molecule has 0 fully saturated rings. The van der Waals surface area contributed by atoms with Gasteiger partial charge in [0.2, 0.25) is 0 Å². The highest BCUT2D eigenvalue weighted by molar-refractivity contribution is 5.91. The third-order valence-corrected chi connectivity index (χ3v) is 2.63. The zero-order valence-corrected chi connectivity index (χ0v) is 11.5. The van der Waals surface area contributed by atoms with Crippen LogP contribution >= 0.6 is 0 Å². The summed E-state index contributed by atoms with van der Waals surface area (Å²) in [6.45, 7) is 6.27. The van der Waals surface area contributed by atoms with E-state index in [1.807, 2.05) is 20.8 Å². The first-order chi connectivity index (χ1) is 8.88. The topological polar surface area (TPSA) is 90.5 Å². The van der Waals surface area contributed by atoms with Gasteiger partial charge in [-0.05, 0) is 20.8 Å². The van der Waals surface area contributed by atoms with Gasteiger partial charge in [0, 0.05) is 7.05 Å². The summed E-state index contributed by atoms with van der Waals surface area (Å²) in [7, 11) is 1.77. The summed E-state index contributed by atoms with van der Waals surface area (Å²) < 4.78 is 3.26. The highest BCUT2D eigenvalue weighted by Gasteiger charge is 2.18. The third kappa shape index (κ3) is 2.95. The van der Waals surface area contributed by atoms with Crippen molar-refractivity contribution in [2.75, 3.05) is 0 Å². The average Bonchev–Trinajstić information content (AvgIpc) is 2.93. The maximum Gasteiger partial charge on any atom is 0.273 e. The van der Waals surface area contributed by atoms with Gasteiger partial charge in [-0.15, -0.1) is 5.10 Å². The van der Waals surface area contributed by atoms with Gasteiger partial charge >= 0.3 is 0 Å². The highest BCUT2D eigenvalue weighted by atomic mass is 16.2. The Morgan fingerprint density at radius 3 is 2.68 bits per heavy atom. The number of rotatable bonds is 3. The second-order valence-corrected chi connectivity index (χ2v) is 5.20. The van der Waals surface area contributed by atoms with E-state index in [2.05, 4.69) is 25.7 Å². The van der Waals surface area contributed by atoms with Crippen molar-refractivity contribution in [2.45, 2.75) is 32.9 Å². The van der Waals surface area contributed by atoms with Crippen LogP contribution in [0.1, 0.15) is 37.1 Å². The highest BCUT2D eigenvalue weighted by Crippen LogP contribution is 2.11. The fraction of sp³-hybridized carbons (Fsp3) is 0.545. The molecule has 19 heavy (non-hydrogen) atoms. The van der Waals surface area contributed by atoms with Gasteiger partial charge in [0.15, 0.2) is 5.69 Å². The van der Waals surface area contributed by atoms with E-state index in [0.29, 0.717) is 12.4 Å². The Labute approximate surface area is 110 Å². The molecule has 1 N–H and O–H groups in total. The van der Waals surface area contributed by atoms with Gasteiger partial charge in [0.1, 0.15) is 12.2 Å². The molecule has 0 atom stereocenters. The molecular formula is C11H17N7O. The molecule has 0 aliphatic rings. The maximum atomic E-state index is 11.9. The van der Waals surface area contributed by atoms with Crippen molar-refractivity contribution in [1.82, 2.24) is 35.1 Å². The van der Waals surface area contributed by atoms with Crippen molar-refractivity contribution < 1.29 is 4.79 Å². The van der Waals surface area contributed by atoms with Crippen molar-refractivity contribution in [3.63, 3.8) is 0 Å². The van der Waals surface area contributed by atoms with Crippen LogP contribution in [0.4, 0.5) is 0 Å². The van der Waals surface area contributed by atoms with Gasteiger partial charge in [0.05, 0.1) is 18.3 Å². The number of aryl methyl sites for hydroxylation is 1. The van der Waals surface area contributed by atoms with Crippen molar-refractivity contribution in [1.29, 1.82) is 0 Å². The number of carbonyl (C=O) groups is 1. The van der Waals surface area contributed by atoms with Crippen LogP contribution in [-0.2, 0) is 19.1 Å². The van der Waals surface area contributed by atoms with E-state index in [-0.39, 0.29) is 17.1 Å². The first-order valence-corrected chi connectivity index (χ1v) is 5.92. The SMILES string of the molecule is Cn1ncnc1CNC(=O)c1cn(C(C)(C)C)nn1. The molecule has 0 aliphatic heterocycles. The first-order valence-electron chi connectivity index (χ1n) is 5.92. The van der Waals surface area contributed by atoms with Gasteiger partial charge in [-0.25, -0.2) is 9.67 Å². The molecule has 102 valence electrons. The van der Waals surface area contributed by atoms with Gasteiger partial charge < -0.3 is 5.32 Å². The molecule has 0 spiro atoms. The number of amides is 1. The first kappa shape index (κ1) is 13.2. The smallest absolute Gasteiger partial charge is 0.273 e. The summed E-state index contributed by atoms with van der Waals surface area (Å²) in [6.07, 6.45) is 3.07. The second-order valence-electron chi connectivity index (χ2n) is 5.20. The summed E-state index contributed by atoms with van der Waals surface area (Å²) in [6, 6.07) is 0. The maximum absolute atomic E-state index is 11.9. The minimum atomic E-state index is -0.279. The lowest BCUT2D eigenvalue weighted by Gasteiger charge is -2.17. The monoisotopic (exact) mass is 263 g/mol. The molecule has 8 heteroatoms. The predicted molar refractivity (Wildman–Crippen MR) is 67.2 cm³/mol. The molecule has 0 radical (unpaired) electrons. The number of aromatic nitrogens is 6. The van der Waals surface area contributed by atoms with Crippen LogP contribution < -0.4 is 5.32 Å². The van der Waals surface area contributed by atoms with Crippen molar-refractivity contribution in [3.8, 4) is 0 Å². The van der Waals surface area contributed by atoms with Gasteiger partial charge in [-0.1, -0.05) is 5.21 Å². The van der Waals surface area contributed by atoms with Crippen LogP contribution in [0, 0.1) is 0 Å². The van der Waals surface area contributed by atoms with E-state index >= 15 is 0 Å². The summed E-state index contributed by atoms with van der Waals surface area (Å²) in [5.41, 5.74) is 0.0897. The average molecular weight is 263 g/mol. The normalized spacial score (nSPS) is 11.6. The minimum Gasteiger partial charge on any atom is -0.343 e. The van der Waals surface area contributed by atoms with E-state index in [9.17, 15) is 4.79 Å². The Kier molecular flexibility index (Phi) is 3.32. The minimum absolute atomic E-state index is 0.199. The number of nitrogens with one attached hydrogen (secondary N) is 1. The molecule has 2 rings (SSSR count). The van der Waals surface area contributed by atoms with Crippen LogP contribution in [0.15, 0.2) is 12.5 Å². The lowest BCUT2D eigenvalue weighted by atomic mass is 10.1. The van der Waals surface area contributed by atoms with E-state index in [4.69, 9.17) is 0 Å². The fourth-order valence-corrected chi connectivity index (χ4v) is 1.43. The molecule has 2 aromatic heterocycles. The van der Waals surface area contributed by atoms with Crippen LogP contribution in [0.2, 0.25) is 0 Å². The largest absolute Gasteiger partial charge is 0.343 e. The second kappa shape index (κ2) is 4.79. The van der Waals surface area contributed by atoms with E-state index < -0.39 is 0 Å². The Hall–Kier alpha value is -2.25. The number of hydrogen-bond donors (Lipinski definition) is 1. The quantitative estimate of drug-likeness (QED) is 0.847. The lowest BCUT2D eigenvalue weighted by Crippen LogP contribution is -2.25. The van der Waals surface area contributed by atoms with Gasteiger partial charge in [0.25, 0.3) is 5.91 Å². The van der Waals surface area contributed by atoms with E-state index in [1.54, 1.807) is 22.6 Å². The van der Waals surface area contributed by atoms with Gasteiger partial charge in [-0.2, -0.15) is 5.10 Å². The molecule has 8 nitrogen and oxygen atoms in total. The molecule has 0 aliphatic carbocycles. The molecule has 0 saturated carbocycles. The zero-order valence-electron chi connectivity index (χ0n) is 11.5. The summed E-state index contributed by atoms with van der Waals surface area (Å²) in [4.78, 5) is 15.9. The molecule has 0 saturated heterocycles. The molecule has 0 aromatic carbocycles. The van der Waals surface area contributed by atoms with Crippen LogP contribution in [0.25, 0.3) is 0 Å². The van der Waals surface area contributed by atoms with Crippen LogP contribution in [0.3, 0.4) is 0 Å². The van der Waals surface area contributed by atoms with Crippen molar-refractivity contribution in [3.05, 3.63) is 24.0 Å². The number of hydrogen-bond acceptors (Lipinski definition) is 5. The molecule has 1 amide bonds. The molecule has 2 aromatic rings. The Balaban J connectivity index is 2.01. The number of carbonyl (C=O) groups excluding carboxylic acids is 1. The molecule has 0 bridgehead atoms. The summed E-state index contributed by atoms with van der Waals surface area (Å²) in [5, 5.41) is 14.5.